The Kier molecular flexibility index (Phi) is 6.70. The molecule has 0 atom stereocenters. The first-order valence-corrected chi connectivity index (χ1v) is 9.41. The van der Waals surface area contributed by atoms with E-state index >= 15 is 0 Å². The minimum Gasteiger partial charge on any atom is -0.496 e. The molecule has 3 aromatic rings. The zero-order chi connectivity index (χ0) is 21.5. The molecule has 0 aliphatic heterocycles. The fraction of sp³-hybridized carbons (Fsp3) is 0.167. The van der Waals surface area contributed by atoms with Gasteiger partial charge in [0.05, 0.1) is 12.7 Å². The normalized spacial score (nSPS) is 10.2. The van der Waals surface area contributed by atoms with Gasteiger partial charge in [-0.15, -0.1) is 0 Å². The number of hydrogen-bond acceptors (Lipinski definition) is 5. The lowest BCUT2D eigenvalue weighted by atomic mass is 10.1. The highest BCUT2D eigenvalue weighted by molar-refractivity contribution is 6.06. The number of para-hydroxylation sites is 1. The lowest BCUT2D eigenvalue weighted by Gasteiger charge is -2.10. The van der Waals surface area contributed by atoms with Crippen LogP contribution in [-0.2, 0) is 4.79 Å². The average Bonchev–Trinajstić information content (AvgIpc) is 2.76. The summed E-state index contributed by atoms with van der Waals surface area (Å²) in [7, 11) is 1.51. The molecule has 6 heteroatoms. The van der Waals surface area contributed by atoms with Crippen LogP contribution >= 0.6 is 0 Å². The maximum atomic E-state index is 12.4. The Morgan fingerprint density at radius 2 is 1.57 bits per heavy atom. The molecule has 1 amide bonds. The highest BCUT2D eigenvalue weighted by Gasteiger charge is 2.12. The summed E-state index contributed by atoms with van der Waals surface area (Å²) in [6.07, 6.45) is 0. The summed E-state index contributed by atoms with van der Waals surface area (Å²) >= 11 is 0. The van der Waals surface area contributed by atoms with Crippen molar-refractivity contribution >= 4 is 17.6 Å². The molecule has 30 heavy (non-hydrogen) atoms. The fourth-order valence-electron chi connectivity index (χ4n) is 2.74. The molecule has 0 unspecified atom stereocenters. The summed E-state index contributed by atoms with van der Waals surface area (Å²) in [5, 5.41) is 2.79. The van der Waals surface area contributed by atoms with E-state index in [1.807, 2.05) is 32.0 Å². The second kappa shape index (κ2) is 9.60. The molecule has 0 aliphatic carbocycles. The predicted molar refractivity (Wildman–Crippen MR) is 114 cm³/mol. The average molecular weight is 405 g/mol. The van der Waals surface area contributed by atoms with Crippen LogP contribution in [0.4, 0.5) is 5.69 Å². The van der Waals surface area contributed by atoms with Crippen molar-refractivity contribution < 1.29 is 23.8 Å². The zero-order valence-electron chi connectivity index (χ0n) is 17.1. The molecule has 0 spiro atoms. The minimum absolute atomic E-state index is 0.200. The van der Waals surface area contributed by atoms with Crippen LogP contribution in [0.3, 0.4) is 0 Å². The molecule has 3 rings (SSSR count). The summed E-state index contributed by atoms with van der Waals surface area (Å²) in [4.78, 5) is 24.5. The smallest absolute Gasteiger partial charge is 0.349 e. The molecule has 6 nitrogen and oxygen atoms in total. The Morgan fingerprint density at radius 1 is 0.867 bits per heavy atom. The molecule has 0 heterocycles. The van der Waals surface area contributed by atoms with Crippen LogP contribution < -0.4 is 19.5 Å². The van der Waals surface area contributed by atoms with Crippen molar-refractivity contribution in [3.8, 4) is 17.2 Å². The van der Waals surface area contributed by atoms with Crippen LogP contribution in [0.15, 0.2) is 66.7 Å². The van der Waals surface area contributed by atoms with Gasteiger partial charge < -0.3 is 19.5 Å². The van der Waals surface area contributed by atoms with Gasteiger partial charge in [0, 0.05) is 5.69 Å². The molecule has 0 fully saturated rings. The number of benzene rings is 3. The quantitative estimate of drug-likeness (QED) is 0.461. The van der Waals surface area contributed by atoms with Gasteiger partial charge in [-0.25, -0.2) is 4.79 Å². The Labute approximate surface area is 175 Å². The van der Waals surface area contributed by atoms with Gasteiger partial charge in [-0.2, -0.15) is 0 Å². The Morgan fingerprint density at radius 3 is 2.27 bits per heavy atom. The molecule has 0 radical (unpaired) electrons. The summed E-state index contributed by atoms with van der Waals surface area (Å²) < 4.78 is 16.0. The second-order valence-corrected chi connectivity index (χ2v) is 6.69. The number of aryl methyl sites for hydroxylation is 2. The monoisotopic (exact) mass is 405 g/mol. The number of ether oxygens (including phenoxy) is 3. The number of rotatable bonds is 7. The number of carbonyl (C=O) groups is 2. The van der Waals surface area contributed by atoms with E-state index in [2.05, 4.69) is 5.32 Å². The molecular weight excluding hydrogens is 382 g/mol. The van der Waals surface area contributed by atoms with Crippen molar-refractivity contribution in [1.82, 2.24) is 0 Å². The van der Waals surface area contributed by atoms with Crippen molar-refractivity contribution in [2.75, 3.05) is 19.0 Å². The van der Waals surface area contributed by atoms with E-state index in [1.165, 1.54) is 7.11 Å². The van der Waals surface area contributed by atoms with Crippen LogP contribution in [-0.4, -0.2) is 25.6 Å². The third kappa shape index (κ3) is 5.38. The molecule has 1 N–H and O–H groups in total. The van der Waals surface area contributed by atoms with E-state index in [4.69, 9.17) is 14.2 Å². The van der Waals surface area contributed by atoms with E-state index in [1.54, 1.807) is 48.5 Å². The molecule has 0 bridgehead atoms. The number of amides is 1. The molecule has 0 aliphatic rings. The van der Waals surface area contributed by atoms with Gasteiger partial charge in [0.1, 0.15) is 17.2 Å². The van der Waals surface area contributed by atoms with Crippen LogP contribution in [0, 0.1) is 13.8 Å². The standard InChI is InChI=1S/C24H23NO5/c1-16-8-11-20(14-17(16)2)29-15-23(26)30-19-12-9-18(10-13-19)25-24(27)21-6-4-5-7-22(21)28-3/h4-14H,15H2,1-3H3,(H,25,27). The van der Waals surface area contributed by atoms with Crippen LogP contribution in [0.5, 0.6) is 17.2 Å². The molecule has 154 valence electrons. The van der Waals surface area contributed by atoms with Crippen molar-refractivity contribution in [2.24, 2.45) is 0 Å². The molecular formula is C24H23NO5. The van der Waals surface area contributed by atoms with E-state index in [0.717, 1.165) is 11.1 Å². The summed E-state index contributed by atoms with van der Waals surface area (Å²) in [6, 6.07) is 19.1. The number of hydrogen-bond donors (Lipinski definition) is 1. The Hall–Kier alpha value is -3.80. The number of methoxy groups -OCH3 is 1. The number of carbonyl (C=O) groups excluding carboxylic acids is 2. The molecule has 0 aromatic heterocycles. The first kappa shape index (κ1) is 20.9. The lowest BCUT2D eigenvalue weighted by molar-refractivity contribution is -0.136. The van der Waals surface area contributed by atoms with Crippen LogP contribution in [0.1, 0.15) is 21.5 Å². The fourth-order valence-corrected chi connectivity index (χ4v) is 2.74. The highest BCUT2D eigenvalue weighted by atomic mass is 16.6. The van der Waals surface area contributed by atoms with Crippen molar-refractivity contribution in [2.45, 2.75) is 13.8 Å². The molecule has 0 saturated heterocycles. The number of esters is 1. The molecule has 0 saturated carbocycles. The zero-order valence-corrected chi connectivity index (χ0v) is 17.1. The van der Waals surface area contributed by atoms with Gasteiger partial charge in [-0.3, -0.25) is 4.79 Å². The van der Waals surface area contributed by atoms with Crippen molar-refractivity contribution in [1.29, 1.82) is 0 Å². The van der Waals surface area contributed by atoms with E-state index in [-0.39, 0.29) is 12.5 Å². The van der Waals surface area contributed by atoms with E-state index < -0.39 is 5.97 Å². The summed E-state index contributed by atoms with van der Waals surface area (Å²) in [6.45, 7) is 3.79. The van der Waals surface area contributed by atoms with E-state index in [9.17, 15) is 9.59 Å². The SMILES string of the molecule is COc1ccccc1C(=O)Nc1ccc(OC(=O)COc2ccc(C)c(C)c2)cc1. The third-order valence-corrected chi connectivity index (χ3v) is 4.53. The van der Waals surface area contributed by atoms with Crippen molar-refractivity contribution in [3.05, 3.63) is 83.4 Å². The maximum Gasteiger partial charge on any atom is 0.349 e. The topological polar surface area (TPSA) is 73.9 Å². The van der Waals surface area contributed by atoms with Gasteiger partial charge >= 0.3 is 5.97 Å². The summed E-state index contributed by atoms with van der Waals surface area (Å²) in [5.74, 6) is 0.658. The highest BCUT2D eigenvalue weighted by Crippen LogP contribution is 2.21. The van der Waals surface area contributed by atoms with Gasteiger partial charge in [-0.05, 0) is 73.5 Å². The lowest BCUT2D eigenvalue weighted by Crippen LogP contribution is -2.17. The maximum absolute atomic E-state index is 12.4. The largest absolute Gasteiger partial charge is 0.496 e. The Bertz CT molecular complexity index is 1040. The summed E-state index contributed by atoms with van der Waals surface area (Å²) in [5.41, 5.74) is 3.24. The molecule has 3 aromatic carbocycles. The predicted octanol–water partition coefficient (Wildman–Crippen LogP) is 4.55. The third-order valence-electron chi connectivity index (χ3n) is 4.53. The van der Waals surface area contributed by atoms with Gasteiger partial charge in [0.2, 0.25) is 0 Å². The van der Waals surface area contributed by atoms with Crippen LogP contribution in [0.25, 0.3) is 0 Å². The Balaban J connectivity index is 1.54. The van der Waals surface area contributed by atoms with Gasteiger partial charge in [0.25, 0.3) is 5.91 Å². The first-order chi connectivity index (χ1) is 14.5. The first-order valence-electron chi connectivity index (χ1n) is 9.41. The van der Waals surface area contributed by atoms with E-state index in [0.29, 0.717) is 28.5 Å². The second-order valence-electron chi connectivity index (χ2n) is 6.69. The minimum atomic E-state index is -0.515. The van der Waals surface area contributed by atoms with Crippen molar-refractivity contribution in [3.63, 3.8) is 0 Å². The number of nitrogens with one attached hydrogen (secondary N) is 1. The van der Waals surface area contributed by atoms with Gasteiger partial charge in [0.15, 0.2) is 6.61 Å². The van der Waals surface area contributed by atoms with Crippen LogP contribution in [0.2, 0.25) is 0 Å². The number of anilines is 1. The van der Waals surface area contributed by atoms with Gasteiger partial charge in [-0.1, -0.05) is 18.2 Å².